The minimum atomic E-state index is -3.67. The minimum absolute atomic E-state index is 0.0445. The van der Waals surface area contributed by atoms with Gasteiger partial charge in [0.1, 0.15) is 5.02 Å². The van der Waals surface area contributed by atoms with Crippen molar-refractivity contribution >= 4 is 21.6 Å². The van der Waals surface area contributed by atoms with Crippen LogP contribution in [0, 0.1) is 5.92 Å². The third-order valence-corrected chi connectivity index (χ3v) is 3.90. The molecule has 1 aromatic rings. The fraction of sp³-hybridized carbons (Fsp3) is 0.500. The van der Waals surface area contributed by atoms with Crippen LogP contribution in [0.1, 0.15) is 6.92 Å². The van der Waals surface area contributed by atoms with Crippen molar-refractivity contribution in [3.05, 3.63) is 27.6 Å². The third kappa shape index (κ3) is 4.09. The molecule has 0 aliphatic heterocycles. The highest BCUT2D eigenvalue weighted by molar-refractivity contribution is 7.89. The van der Waals surface area contributed by atoms with E-state index in [2.05, 4.69) is 9.71 Å². The van der Waals surface area contributed by atoms with Crippen LogP contribution in [0.5, 0.6) is 0 Å². The van der Waals surface area contributed by atoms with Gasteiger partial charge in [0, 0.05) is 26.5 Å². The highest BCUT2D eigenvalue weighted by Crippen LogP contribution is 2.10. The largest absolute Gasteiger partial charge is 0.384 e. The monoisotopic (exact) mass is 294 g/mol. The molecule has 1 aromatic heterocycles. The smallest absolute Gasteiger partial charge is 0.266 e. The average molecular weight is 295 g/mol. The number of pyridine rings is 1. The Kier molecular flexibility index (Phi) is 5.33. The summed E-state index contributed by atoms with van der Waals surface area (Å²) in [4.78, 5) is 13.2. The van der Waals surface area contributed by atoms with Gasteiger partial charge < -0.3 is 9.72 Å². The Bertz CT molecular complexity index is 555. The fourth-order valence-electron chi connectivity index (χ4n) is 1.27. The molecule has 0 aliphatic carbocycles. The molecule has 1 heterocycles. The highest BCUT2D eigenvalue weighted by Gasteiger charge is 2.16. The molecule has 2 N–H and O–H groups in total. The Morgan fingerprint density at radius 3 is 2.78 bits per heavy atom. The highest BCUT2D eigenvalue weighted by atomic mass is 35.5. The number of halogens is 1. The van der Waals surface area contributed by atoms with E-state index in [0.29, 0.717) is 6.61 Å². The van der Waals surface area contributed by atoms with Crippen LogP contribution in [0.4, 0.5) is 0 Å². The number of nitrogens with one attached hydrogen (secondary N) is 2. The van der Waals surface area contributed by atoms with Crippen LogP contribution in [-0.2, 0) is 14.8 Å². The second-order valence-electron chi connectivity index (χ2n) is 3.92. The molecule has 102 valence electrons. The lowest BCUT2D eigenvalue weighted by Gasteiger charge is -2.11. The SMILES string of the molecule is COCC(C)CNS(=O)(=O)c1c[nH]c(=O)c(Cl)c1. The molecule has 0 aromatic carbocycles. The summed E-state index contributed by atoms with van der Waals surface area (Å²) in [5.74, 6) is 0.0445. The second kappa shape index (κ2) is 6.33. The number of ether oxygens (including phenoxy) is 1. The van der Waals surface area contributed by atoms with Crippen molar-refractivity contribution in [3.63, 3.8) is 0 Å². The number of rotatable bonds is 6. The first kappa shape index (κ1) is 15.2. The third-order valence-electron chi connectivity index (χ3n) is 2.21. The molecule has 18 heavy (non-hydrogen) atoms. The number of aromatic nitrogens is 1. The maximum absolute atomic E-state index is 11.9. The molecular formula is C10H15ClN2O4S. The predicted octanol–water partition coefficient (Wildman–Crippen LogP) is 0.589. The molecule has 6 nitrogen and oxygen atoms in total. The van der Waals surface area contributed by atoms with Gasteiger partial charge in [0.05, 0.1) is 4.90 Å². The summed E-state index contributed by atoms with van der Waals surface area (Å²) >= 11 is 5.58. The Morgan fingerprint density at radius 1 is 1.56 bits per heavy atom. The summed E-state index contributed by atoms with van der Waals surface area (Å²) in [6.45, 7) is 2.55. The molecular weight excluding hydrogens is 280 g/mol. The normalized spacial score (nSPS) is 13.5. The molecule has 0 bridgehead atoms. The van der Waals surface area contributed by atoms with Crippen LogP contribution in [0.2, 0.25) is 5.02 Å². The van der Waals surface area contributed by atoms with Crippen LogP contribution < -0.4 is 10.3 Å². The van der Waals surface area contributed by atoms with E-state index in [1.54, 1.807) is 7.11 Å². The quantitative estimate of drug-likeness (QED) is 0.804. The number of methoxy groups -OCH3 is 1. The first-order chi connectivity index (χ1) is 8.36. The Morgan fingerprint density at radius 2 is 2.22 bits per heavy atom. The van der Waals surface area contributed by atoms with Crippen molar-refractivity contribution < 1.29 is 13.2 Å². The lowest BCUT2D eigenvalue weighted by molar-refractivity contribution is 0.161. The topological polar surface area (TPSA) is 88.3 Å². The van der Waals surface area contributed by atoms with Crippen molar-refractivity contribution in [2.75, 3.05) is 20.3 Å². The van der Waals surface area contributed by atoms with Gasteiger partial charge in [-0.25, -0.2) is 13.1 Å². The lowest BCUT2D eigenvalue weighted by atomic mass is 10.2. The van der Waals surface area contributed by atoms with Crippen LogP contribution >= 0.6 is 11.6 Å². The Hall–Kier alpha value is -0.890. The number of aromatic amines is 1. The maximum atomic E-state index is 11.9. The van der Waals surface area contributed by atoms with E-state index < -0.39 is 15.6 Å². The molecule has 0 saturated heterocycles. The molecule has 1 atom stereocenters. The lowest BCUT2D eigenvalue weighted by Crippen LogP contribution is -2.30. The average Bonchev–Trinajstić information content (AvgIpc) is 2.30. The maximum Gasteiger partial charge on any atom is 0.266 e. The molecule has 0 radical (unpaired) electrons. The van der Waals surface area contributed by atoms with Gasteiger partial charge in [-0.15, -0.1) is 0 Å². The summed E-state index contributed by atoms with van der Waals surface area (Å²) in [5, 5.41) is -0.164. The van der Waals surface area contributed by atoms with Gasteiger partial charge in [-0.1, -0.05) is 18.5 Å². The van der Waals surface area contributed by atoms with Crippen molar-refractivity contribution in [1.82, 2.24) is 9.71 Å². The summed E-state index contributed by atoms with van der Waals surface area (Å²) in [5.41, 5.74) is -0.525. The van der Waals surface area contributed by atoms with Gasteiger partial charge in [0.2, 0.25) is 10.0 Å². The summed E-state index contributed by atoms with van der Waals surface area (Å²) in [6.07, 6.45) is 1.11. The summed E-state index contributed by atoms with van der Waals surface area (Å²) in [7, 11) is -2.12. The van der Waals surface area contributed by atoms with E-state index in [-0.39, 0.29) is 22.4 Å². The van der Waals surface area contributed by atoms with E-state index in [1.165, 1.54) is 0 Å². The van der Waals surface area contributed by atoms with Crippen LogP contribution in [0.15, 0.2) is 22.0 Å². The van der Waals surface area contributed by atoms with Gasteiger partial charge in [-0.3, -0.25) is 4.79 Å². The van der Waals surface area contributed by atoms with E-state index in [0.717, 1.165) is 12.3 Å². The molecule has 8 heteroatoms. The standard InChI is InChI=1S/C10H15ClN2O4S/c1-7(6-17-2)4-13-18(15,16)8-3-9(11)10(14)12-5-8/h3,5,7,13H,4,6H2,1-2H3,(H,12,14). The predicted molar refractivity (Wildman–Crippen MR) is 68.3 cm³/mol. The number of sulfonamides is 1. The zero-order valence-electron chi connectivity index (χ0n) is 10.1. The molecule has 0 amide bonds. The van der Waals surface area contributed by atoms with E-state index in [1.807, 2.05) is 6.92 Å². The zero-order chi connectivity index (χ0) is 13.8. The van der Waals surface area contributed by atoms with Crippen LogP contribution in [0.3, 0.4) is 0 Å². The summed E-state index contributed by atoms with van der Waals surface area (Å²) in [6, 6.07) is 1.11. The van der Waals surface area contributed by atoms with Gasteiger partial charge >= 0.3 is 0 Å². The van der Waals surface area contributed by atoms with Gasteiger partial charge in [0.25, 0.3) is 5.56 Å². The molecule has 0 aliphatic rings. The fourth-order valence-corrected chi connectivity index (χ4v) is 2.67. The van der Waals surface area contributed by atoms with E-state index in [9.17, 15) is 13.2 Å². The van der Waals surface area contributed by atoms with Gasteiger partial charge in [-0.05, 0) is 12.0 Å². The Labute approximate surface area is 110 Å². The Balaban J connectivity index is 2.80. The van der Waals surface area contributed by atoms with Crippen molar-refractivity contribution in [2.45, 2.75) is 11.8 Å². The number of hydrogen-bond acceptors (Lipinski definition) is 4. The minimum Gasteiger partial charge on any atom is -0.384 e. The van der Waals surface area contributed by atoms with Gasteiger partial charge in [0.15, 0.2) is 0 Å². The first-order valence-electron chi connectivity index (χ1n) is 5.23. The molecule has 1 unspecified atom stereocenters. The van der Waals surface area contributed by atoms with Crippen LogP contribution in [0.25, 0.3) is 0 Å². The molecule has 0 fully saturated rings. The van der Waals surface area contributed by atoms with Crippen molar-refractivity contribution in [2.24, 2.45) is 5.92 Å². The van der Waals surface area contributed by atoms with Gasteiger partial charge in [-0.2, -0.15) is 0 Å². The van der Waals surface area contributed by atoms with E-state index in [4.69, 9.17) is 16.3 Å². The zero-order valence-corrected chi connectivity index (χ0v) is 11.6. The number of H-pyrrole nitrogens is 1. The van der Waals surface area contributed by atoms with Crippen molar-refractivity contribution in [1.29, 1.82) is 0 Å². The second-order valence-corrected chi connectivity index (χ2v) is 6.10. The van der Waals surface area contributed by atoms with Crippen LogP contribution in [-0.4, -0.2) is 33.7 Å². The molecule has 0 saturated carbocycles. The van der Waals surface area contributed by atoms with E-state index >= 15 is 0 Å². The van der Waals surface area contributed by atoms with Crippen molar-refractivity contribution in [3.8, 4) is 0 Å². The summed E-state index contributed by atoms with van der Waals surface area (Å²) < 4.78 is 31.1. The molecule has 1 rings (SSSR count). The molecule has 0 spiro atoms. The first-order valence-corrected chi connectivity index (χ1v) is 7.09. The number of hydrogen-bond donors (Lipinski definition) is 2.